The van der Waals surface area contributed by atoms with Crippen LogP contribution in [0.3, 0.4) is 0 Å². The average molecular weight is 536 g/mol. The second kappa shape index (κ2) is 8.95. The molecule has 0 spiro atoms. The molecule has 0 radical (unpaired) electrons. The quantitative estimate of drug-likeness (QED) is 0.220. The molecular formula is C40H25NO. The third-order valence-corrected chi connectivity index (χ3v) is 8.54. The van der Waals surface area contributed by atoms with E-state index in [-0.39, 0.29) is 0 Å². The van der Waals surface area contributed by atoms with Crippen molar-refractivity contribution < 1.29 is 4.42 Å². The zero-order valence-electron chi connectivity index (χ0n) is 22.8. The Morgan fingerprint density at radius 1 is 0.381 bits per heavy atom. The van der Waals surface area contributed by atoms with Crippen molar-refractivity contribution in [1.82, 2.24) is 4.57 Å². The van der Waals surface area contributed by atoms with Crippen molar-refractivity contribution in [2.24, 2.45) is 0 Å². The first-order chi connectivity index (χ1) is 20.8. The van der Waals surface area contributed by atoms with Crippen LogP contribution in [0.25, 0.3) is 82.5 Å². The van der Waals surface area contributed by atoms with Crippen LogP contribution in [-0.4, -0.2) is 4.57 Å². The van der Waals surface area contributed by atoms with E-state index >= 15 is 0 Å². The smallest absolute Gasteiger partial charge is 0.136 e. The zero-order chi connectivity index (χ0) is 27.6. The van der Waals surface area contributed by atoms with Gasteiger partial charge in [-0.2, -0.15) is 0 Å². The van der Waals surface area contributed by atoms with Gasteiger partial charge in [-0.3, -0.25) is 0 Å². The molecule has 196 valence electrons. The summed E-state index contributed by atoms with van der Waals surface area (Å²) in [4.78, 5) is 0. The number of benzene rings is 7. The predicted molar refractivity (Wildman–Crippen MR) is 176 cm³/mol. The topological polar surface area (TPSA) is 18.1 Å². The molecule has 2 aromatic heterocycles. The molecule has 42 heavy (non-hydrogen) atoms. The predicted octanol–water partition coefficient (Wildman–Crippen LogP) is 11.2. The Morgan fingerprint density at radius 3 is 1.76 bits per heavy atom. The Morgan fingerprint density at radius 2 is 1.02 bits per heavy atom. The van der Waals surface area contributed by atoms with Gasteiger partial charge in [-0.05, 0) is 75.5 Å². The van der Waals surface area contributed by atoms with Crippen molar-refractivity contribution in [2.45, 2.75) is 0 Å². The molecule has 0 amide bonds. The summed E-state index contributed by atoms with van der Waals surface area (Å²) in [6.07, 6.45) is 0. The fourth-order valence-corrected chi connectivity index (χ4v) is 6.62. The van der Waals surface area contributed by atoms with Gasteiger partial charge in [0, 0.05) is 27.2 Å². The number of hydrogen-bond acceptors (Lipinski definition) is 1. The highest BCUT2D eigenvalue weighted by molar-refractivity contribution is 6.23. The van der Waals surface area contributed by atoms with Gasteiger partial charge in [0.05, 0.1) is 11.0 Å². The molecule has 0 bridgehead atoms. The highest BCUT2D eigenvalue weighted by Gasteiger charge is 2.18. The van der Waals surface area contributed by atoms with Crippen LogP contribution >= 0.6 is 0 Å². The molecule has 2 heteroatoms. The highest BCUT2D eigenvalue weighted by Crippen LogP contribution is 2.41. The normalized spacial score (nSPS) is 11.8. The third kappa shape index (κ3) is 3.45. The van der Waals surface area contributed by atoms with Gasteiger partial charge in [-0.25, -0.2) is 0 Å². The van der Waals surface area contributed by atoms with Crippen molar-refractivity contribution in [3.05, 3.63) is 152 Å². The zero-order valence-corrected chi connectivity index (χ0v) is 22.8. The van der Waals surface area contributed by atoms with E-state index in [0.29, 0.717) is 0 Å². The van der Waals surface area contributed by atoms with E-state index in [9.17, 15) is 0 Å². The Kier molecular flexibility index (Phi) is 4.93. The van der Waals surface area contributed by atoms with E-state index in [4.69, 9.17) is 4.42 Å². The second-order valence-corrected chi connectivity index (χ2v) is 11.0. The minimum atomic E-state index is 0.916. The fourth-order valence-electron chi connectivity index (χ4n) is 6.62. The standard InChI is InChI=1S/C40H25NO/c1-3-11-26(12-4-1)29-21-30(27-13-5-2-6-14-27)23-31(22-29)41-36-18-10-9-17-33(36)34-25-39-35(24-37(34)41)40-32-16-8-7-15-28(32)19-20-38(40)42-39/h1-25H. The Hall–Kier alpha value is -5.60. The van der Waals surface area contributed by atoms with E-state index in [2.05, 4.69) is 156 Å². The molecule has 0 atom stereocenters. The number of nitrogens with zero attached hydrogens (tertiary/aromatic N) is 1. The maximum atomic E-state index is 6.48. The second-order valence-electron chi connectivity index (χ2n) is 11.0. The van der Waals surface area contributed by atoms with E-state index in [1.165, 1.54) is 60.2 Å². The van der Waals surface area contributed by atoms with Crippen LogP contribution < -0.4 is 0 Å². The van der Waals surface area contributed by atoms with Gasteiger partial charge in [0.15, 0.2) is 0 Å². The number of rotatable bonds is 3. The molecule has 9 rings (SSSR count). The van der Waals surface area contributed by atoms with Gasteiger partial charge in [-0.1, -0.05) is 109 Å². The first-order valence-corrected chi connectivity index (χ1v) is 14.4. The molecule has 2 nitrogen and oxygen atoms in total. The minimum absolute atomic E-state index is 0.916. The Balaban J connectivity index is 1.41. The number of aromatic nitrogens is 1. The molecule has 0 N–H and O–H groups in total. The van der Waals surface area contributed by atoms with Crippen LogP contribution in [0.2, 0.25) is 0 Å². The molecule has 9 aromatic rings. The summed E-state index contributed by atoms with van der Waals surface area (Å²) >= 11 is 0. The molecule has 0 saturated carbocycles. The Labute approximate surface area is 242 Å². The average Bonchev–Trinajstić information content (AvgIpc) is 3.59. The van der Waals surface area contributed by atoms with Crippen LogP contribution in [0.4, 0.5) is 0 Å². The van der Waals surface area contributed by atoms with Gasteiger partial charge in [-0.15, -0.1) is 0 Å². The van der Waals surface area contributed by atoms with Crippen molar-refractivity contribution in [2.75, 3.05) is 0 Å². The molecule has 0 aliphatic heterocycles. The molecule has 0 unspecified atom stereocenters. The van der Waals surface area contributed by atoms with Gasteiger partial charge in [0.2, 0.25) is 0 Å². The number of hydrogen-bond donors (Lipinski definition) is 0. The van der Waals surface area contributed by atoms with Crippen molar-refractivity contribution in [3.63, 3.8) is 0 Å². The first kappa shape index (κ1) is 23.1. The maximum absolute atomic E-state index is 6.48. The SMILES string of the molecule is c1ccc(-c2cc(-c3ccccc3)cc(-n3c4ccccc4c4cc5oc6ccc7ccccc7c6c5cc43)c2)cc1. The summed E-state index contributed by atoms with van der Waals surface area (Å²) in [7, 11) is 0. The molecular weight excluding hydrogens is 510 g/mol. The van der Waals surface area contributed by atoms with Crippen LogP contribution in [0.15, 0.2) is 156 Å². The largest absolute Gasteiger partial charge is 0.456 e. The van der Waals surface area contributed by atoms with Crippen LogP contribution in [0.5, 0.6) is 0 Å². The third-order valence-electron chi connectivity index (χ3n) is 8.54. The van der Waals surface area contributed by atoms with Crippen LogP contribution in [0.1, 0.15) is 0 Å². The lowest BCUT2D eigenvalue weighted by Crippen LogP contribution is -1.96. The Bertz CT molecular complexity index is 2390. The summed E-state index contributed by atoms with van der Waals surface area (Å²) < 4.78 is 8.90. The fraction of sp³-hybridized carbons (Fsp3) is 0. The minimum Gasteiger partial charge on any atom is -0.456 e. The summed E-state index contributed by atoms with van der Waals surface area (Å²) in [5, 5.41) is 7.15. The molecule has 0 fully saturated rings. The molecule has 0 aliphatic rings. The summed E-state index contributed by atoms with van der Waals surface area (Å²) in [6, 6.07) is 54.3. The molecule has 0 saturated heterocycles. The van der Waals surface area contributed by atoms with Crippen LogP contribution in [-0.2, 0) is 0 Å². The van der Waals surface area contributed by atoms with E-state index in [1.807, 2.05) is 0 Å². The highest BCUT2D eigenvalue weighted by atomic mass is 16.3. The van der Waals surface area contributed by atoms with Crippen molar-refractivity contribution in [3.8, 4) is 27.9 Å². The number of furan rings is 1. The lowest BCUT2D eigenvalue weighted by Gasteiger charge is -2.14. The van der Waals surface area contributed by atoms with Crippen LogP contribution in [0, 0.1) is 0 Å². The molecule has 7 aromatic carbocycles. The first-order valence-electron chi connectivity index (χ1n) is 14.4. The van der Waals surface area contributed by atoms with E-state index in [0.717, 1.165) is 22.2 Å². The summed E-state index contributed by atoms with van der Waals surface area (Å²) in [6.45, 7) is 0. The summed E-state index contributed by atoms with van der Waals surface area (Å²) in [5.74, 6) is 0. The molecule has 0 aliphatic carbocycles. The van der Waals surface area contributed by atoms with Gasteiger partial charge >= 0.3 is 0 Å². The maximum Gasteiger partial charge on any atom is 0.136 e. The monoisotopic (exact) mass is 535 g/mol. The summed E-state index contributed by atoms with van der Waals surface area (Å²) in [5.41, 5.74) is 10.1. The number of para-hydroxylation sites is 1. The number of fused-ring (bicyclic) bond motifs is 8. The lowest BCUT2D eigenvalue weighted by molar-refractivity contribution is 0.670. The van der Waals surface area contributed by atoms with Gasteiger partial charge in [0.1, 0.15) is 11.2 Å². The van der Waals surface area contributed by atoms with E-state index < -0.39 is 0 Å². The van der Waals surface area contributed by atoms with Crippen molar-refractivity contribution in [1.29, 1.82) is 0 Å². The lowest BCUT2D eigenvalue weighted by atomic mass is 9.98. The molecule has 2 heterocycles. The van der Waals surface area contributed by atoms with Crippen molar-refractivity contribution >= 4 is 54.5 Å². The van der Waals surface area contributed by atoms with Gasteiger partial charge < -0.3 is 8.98 Å². The van der Waals surface area contributed by atoms with Gasteiger partial charge in [0.25, 0.3) is 0 Å². The van der Waals surface area contributed by atoms with E-state index in [1.54, 1.807) is 0 Å².